The SMILES string of the molecule is Clc1ccc(-c2nc(C3CNC3)cs2)cc1. The van der Waals surface area contributed by atoms with Crippen molar-refractivity contribution in [3.63, 3.8) is 0 Å². The Morgan fingerprint density at radius 2 is 2.00 bits per heavy atom. The average molecular weight is 251 g/mol. The van der Waals surface area contributed by atoms with Gasteiger partial charge in [-0.15, -0.1) is 11.3 Å². The molecule has 2 aromatic rings. The Balaban J connectivity index is 1.88. The van der Waals surface area contributed by atoms with Gasteiger partial charge >= 0.3 is 0 Å². The zero-order chi connectivity index (χ0) is 11.0. The molecule has 2 nitrogen and oxygen atoms in total. The largest absolute Gasteiger partial charge is 0.315 e. The van der Waals surface area contributed by atoms with Crippen LogP contribution >= 0.6 is 22.9 Å². The van der Waals surface area contributed by atoms with Crippen LogP contribution in [0.4, 0.5) is 0 Å². The molecule has 0 atom stereocenters. The molecule has 3 rings (SSSR count). The molecular formula is C12H11ClN2S. The number of hydrogen-bond donors (Lipinski definition) is 1. The van der Waals surface area contributed by atoms with Gasteiger partial charge in [-0.05, 0) is 12.1 Å². The molecule has 0 spiro atoms. The summed E-state index contributed by atoms with van der Waals surface area (Å²) >= 11 is 7.57. The lowest BCUT2D eigenvalue weighted by Gasteiger charge is -2.25. The summed E-state index contributed by atoms with van der Waals surface area (Å²) in [5.74, 6) is 0.609. The maximum absolute atomic E-state index is 5.86. The summed E-state index contributed by atoms with van der Waals surface area (Å²) in [6.07, 6.45) is 0. The zero-order valence-corrected chi connectivity index (χ0v) is 10.2. The van der Waals surface area contributed by atoms with Gasteiger partial charge in [0.25, 0.3) is 0 Å². The van der Waals surface area contributed by atoms with Crippen molar-refractivity contribution in [3.8, 4) is 10.6 Å². The Kier molecular flexibility index (Phi) is 2.67. The number of halogens is 1. The maximum atomic E-state index is 5.86. The lowest BCUT2D eigenvalue weighted by molar-refractivity contribution is 0.441. The molecule has 1 aliphatic heterocycles. The van der Waals surface area contributed by atoms with Crippen LogP contribution in [0.25, 0.3) is 10.6 Å². The van der Waals surface area contributed by atoms with Crippen molar-refractivity contribution in [2.45, 2.75) is 5.92 Å². The van der Waals surface area contributed by atoms with Gasteiger partial charge in [0.05, 0.1) is 5.69 Å². The van der Waals surface area contributed by atoms with Crippen LogP contribution in [0.15, 0.2) is 29.6 Å². The summed E-state index contributed by atoms with van der Waals surface area (Å²) in [6, 6.07) is 7.85. The average Bonchev–Trinajstić information content (AvgIpc) is 2.65. The molecule has 16 heavy (non-hydrogen) atoms. The number of rotatable bonds is 2. The summed E-state index contributed by atoms with van der Waals surface area (Å²) < 4.78 is 0. The number of hydrogen-bond acceptors (Lipinski definition) is 3. The molecule has 0 saturated carbocycles. The molecule has 1 saturated heterocycles. The van der Waals surface area contributed by atoms with Crippen molar-refractivity contribution < 1.29 is 0 Å². The van der Waals surface area contributed by atoms with Crippen molar-refractivity contribution in [3.05, 3.63) is 40.4 Å². The van der Waals surface area contributed by atoms with Crippen LogP contribution in [0.2, 0.25) is 5.02 Å². The van der Waals surface area contributed by atoms with Crippen LogP contribution in [-0.4, -0.2) is 18.1 Å². The molecule has 1 fully saturated rings. The molecule has 4 heteroatoms. The predicted octanol–water partition coefficient (Wildman–Crippen LogP) is 3.15. The van der Waals surface area contributed by atoms with E-state index in [-0.39, 0.29) is 0 Å². The van der Waals surface area contributed by atoms with E-state index in [4.69, 9.17) is 11.6 Å². The van der Waals surface area contributed by atoms with Crippen molar-refractivity contribution >= 4 is 22.9 Å². The van der Waals surface area contributed by atoms with E-state index in [1.807, 2.05) is 24.3 Å². The maximum Gasteiger partial charge on any atom is 0.123 e. The summed E-state index contributed by atoms with van der Waals surface area (Å²) in [6.45, 7) is 2.12. The molecule has 0 radical (unpaired) electrons. The second-order valence-electron chi connectivity index (χ2n) is 3.94. The molecule has 82 valence electrons. The fourth-order valence-electron chi connectivity index (χ4n) is 1.70. The molecule has 0 aliphatic carbocycles. The molecule has 2 heterocycles. The van der Waals surface area contributed by atoms with Gasteiger partial charge in [-0.3, -0.25) is 0 Å². The highest BCUT2D eigenvalue weighted by Gasteiger charge is 2.21. The normalized spacial score (nSPS) is 16.1. The van der Waals surface area contributed by atoms with Gasteiger partial charge in [0, 0.05) is 35.0 Å². The molecule has 1 aliphatic rings. The third kappa shape index (κ3) is 1.86. The number of aromatic nitrogens is 1. The highest BCUT2D eigenvalue weighted by molar-refractivity contribution is 7.13. The first kappa shape index (κ1) is 10.3. The van der Waals surface area contributed by atoms with Gasteiger partial charge in [0.2, 0.25) is 0 Å². The van der Waals surface area contributed by atoms with Crippen molar-refractivity contribution in [1.82, 2.24) is 10.3 Å². The zero-order valence-electron chi connectivity index (χ0n) is 8.61. The van der Waals surface area contributed by atoms with E-state index < -0.39 is 0 Å². The van der Waals surface area contributed by atoms with Gasteiger partial charge in [0.15, 0.2) is 0 Å². The Hall–Kier alpha value is -0.900. The molecular weight excluding hydrogens is 240 g/mol. The smallest absolute Gasteiger partial charge is 0.123 e. The minimum Gasteiger partial charge on any atom is -0.315 e. The number of thiazole rings is 1. The second-order valence-corrected chi connectivity index (χ2v) is 5.23. The number of nitrogens with one attached hydrogen (secondary N) is 1. The first-order valence-corrected chi connectivity index (χ1v) is 6.51. The van der Waals surface area contributed by atoms with Crippen LogP contribution in [0.3, 0.4) is 0 Å². The van der Waals surface area contributed by atoms with Crippen LogP contribution in [0.1, 0.15) is 11.6 Å². The van der Waals surface area contributed by atoms with E-state index in [1.54, 1.807) is 11.3 Å². The quantitative estimate of drug-likeness (QED) is 0.886. The minimum absolute atomic E-state index is 0.609. The Morgan fingerprint density at radius 1 is 1.25 bits per heavy atom. The van der Waals surface area contributed by atoms with E-state index in [2.05, 4.69) is 15.7 Å². The topological polar surface area (TPSA) is 24.9 Å². The van der Waals surface area contributed by atoms with Gasteiger partial charge in [-0.25, -0.2) is 4.98 Å². The van der Waals surface area contributed by atoms with Gasteiger partial charge in [-0.2, -0.15) is 0 Å². The highest BCUT2D eigenvalue weighted by atomic mass is 35.5. The fourth-order valence-corrected chi connectivity index (χ4v) is 2.73. The summed E-state index contributed by atoms with van der Waals surface area (Å²) in [5.41, 5.74) is 2.36. The van der Waals surface area contributed by atoms with Crippen molar-refractivity contribution in [2.75, 3.05) is 13.1 Å². The molecule has 0 unspecified atom stereocenters. The number of benzene rings is 1. The minimum atomic E-state index is 0.609. The van der Waals surface area contributed by atoms with Gasteiger partial charge in [-0.1, -0.05) is 23.7 Å². The third-order valence-electron chi connectivity index (χ3n) is 2.81. The molecule has 1 aromatic carbocycles. The lowest BCUT2D eigenvalue weighted by atomic mass is 10.0. The lowest BCUT2D eigenvalue weighted by Crippen LogP contribution is -2.40. The van der Waals surface area contributed by atoms with Gasteiger partial charge < -0.3 is 5.32 Å². The fraction of sp³-hybridized carbons (Fsp3) is 0.250. The Morgan fingerprint density at radius 3 is 2.62 bits per heavy atom. The van der Waals surface area contributed by atoms with Crippen LogP contribution in [-0.2, 0) is 0 Å². The Labute approximate surface area is 103 Å². The monoisotopic (exact) mass is 250 g/mol. The predicted molar refractivity (Wildman–Crippen MR) is 68.2 cm³/mol. The van der Waals surface area contributed by atoms with Crippen LogP contribution in [0.5, 0.6) is 0 Å². The van der Waals surface area contributed by atoms with E-state index in [1.165, 1.54) is 5.69 Å². The first-order valence-electron chi connectivity index (χ1n) is 5.25. The third-order valence-corrected chi connectivity index (χ3v) is 3.97. The molecule has 1 aromatic heterocycles. The summed E-state index contributed by atoms with van der Waals surface area (Å²) in [4.78, 5) is 4.67. The van der Waals surface area contributed by atoms with Crippen LogP contribution in [0, 0.1) is 0 Å². The molecule has 0 amide bonds. The number of nitrogens with zero attached hydrogens (tertiary/aromatic N) is 1. The van der Waals surface area contributed by atoms with E-state index in [9.17, 15) is 0 Å². The van der Waals surface area contributed by atoms with Crippen molar-refractivity contribution in [1.29, 1.82) is 0 Å². The molecule has 1 N–H and O–H groups in total. The highest BCUT2D eigenvalue weighted by Crippen LogP contribution is 2.29. The Bertz CT molecular complexity index is 488. The second kappa shape index (κ2) is 4.17. The summed E-state index contributed by atoms with van der Waals surface area (Å²) in [5, 5.41) is 7.27. The van der Waals surface area contributed by atoms with E-state index >= 15 is 0 Å². The van der Waals surface area contributed by atoms with E-state index in [0.29, 0.717) is 5.92 Å². The van der Waals surface area contributed by atoms with Crippen LogP contribution < -0.4 is 5.32 Å². The first-order chi connectivity index (χ1) is 7.83. The van der Waals surface area contributed by atoms with E-state index in [0.717, 1.165) is 28.7 Å². The van der Waals surface area contributed by atoms with Gasteiger partial charge in [0.1, 0.15) is 5.01 Å². The summed E-state index contributed by atoms with van der Waals surface area (Å²) in [7, 11) is 0. The van der Waals surface area contributed by atoms with Crippen molar-refractivity contribution in [2.24, 2.45) is 0 Å². The standard InChI is InChI=1S/C12H11ClN2S/c13-10-3-1-8(2-4-10)12-15-11(7-16-12)9-5-14-6-9/h1-4,7,9,14H,5-6H2. The molecule has 0 bridgehead atoms.